The molecule has 2 rings (SSSR count). The van der Waals surface area contributed by atoms with Crippen molar-refractivity contribution in [3.8, 4) is 0 Å². The Labute approximate surface area is 108 Å². The normalized spacial score (nSPS) is 18.5. The number of pyridine rings is 1. The average molecular weight is 272 g/mol. The fourth-order valence-corrected chi connectivity index (χ4v) is 1.73. The van der Waals surface area contributed by atoms with Crippen molar-refractivity contribution in [1.29, 1.82) is 0 Å². The minimum Gasteiger partial charge on any atom is -0.376 e. The molecule has 1 atom stereocenters. The molecule has 1 aromatic rings. The third kappa shape index (κ3) is 4.22. The van der Waals surface area contributed by atoms with Crippen LogP contribution in [0.1, 0.15) is 12.8 Å². The molecule has 1 aliphatic heterocycles. The van der Waals surface area contributed by atoms with Gasteiger partial charge >= 0.3 is 0 Å². The van der Waals surface area contributed by atoms with Crippen LogP contribution in [0.5, 0.6) is 0 Å². The number of nitrogens with one attached hydrogen (secondary N) is 1. The Morgan fingerprint density at radius 3 is 3.11 bits per heavy atom. The number of rotatable bonds is 5. The van der Waals surface area contributed by atoms with E-state index < -0.39 is 17.5 Å². The minimum atomic E-state index is -0.924. The summed E-state index contributed by atoms with van der Waals surface area (Å²) < 4.78 is 36.3. The van der Waals surface area contributed by atoms with Gasteiger partial charge in [0.1, 0.15) is 12.4 Å². The molecule has 5 nitrogen and oxygen atoms in total. The van der Waals surface area contributed by atoms with Crippen molar-refractivity contribution < 1.29 is 23.0 Å². The fourth-order valence-electron chi connectivity index (χ4n) is 1.73. The smallest absolute Gasteiger partial charge is 0.251 e. The SMILES string of the molecule is O=C(COCC1CCCO1)Nc1ncc(F)cc1F. The van der Waals surface area contributed by atoms with Gasteiger partial charge in [-0.15, -0.1) is 0 Å². The van der Waals surface area contributed by atoms with Gasteiger partial charge in [0.15, 0.2) is 11.6 Å². The van der Waals surface area contributed by atoms with Crippen LogP contribution in [0, 0.1) is 11.6 Å². The Bertz CT molecular complexity index is 451. The summed E-state index contributed by atoms with van der Waals surface area (Å²) >= 11 is 0. The maximum absolute atomic E-state index is 13.2. The molecule has 0 saturated carbocycles. The lowest BCUT2D eigenvalue weighted by atomic mass is 10.2. The van der Waals surface area contributed by atoms with Crippen LogP contribution >= 0.6 is 0 Å². The number of amides is 1. The fraction of sp³-hybridized carbons (Fsp3) is 0.500. The summed E-state index contributed by atoms with van der Waals surface area (Å²) in [4.78, 5) is 14.9. The zero-order chi connectivity index (χ0) is 13.7. The molecular weight excluding hydrogens is 258 g/mol. The van der Waals surface area contributed by atoms with Gasteiger partial charge in [0.25, 0.3) is 5.91 Å². The van der Waals surface area contributed by atoms with Gasteiger partial charge in [-0.2, -0.15) is 0 Å². The number of nitrogens with zero attached hydrogens (tertiary/aromatic N) is 1. The highest BCUT2D eigenvalue weighted by molar-refractivity contribution is 5.90. The van der Waals surface area contributed by atoms with Gasteiger partial charge in [0, 0.05) is 12.7 Å². The Morgan fingerprint density at radius 2 is 2.42 bits per heavy atom. The highest BCUT2D eigenvalue weighted by Crippen LogP contribution is 2.12. The second-order valence-electron chi connectivity index (χ2n) is 4.18. The molecule has 1 aromatic heterocycles. The van der Waals surface area contributed by atoms with E-state index in [1.807, 2.05) is 0 Å². The molecule has 104 valence electrons. The summed E-state index contributed by atoms with van der Waals surface area (Å²) in [6.45, 7) is 0.816. The maximum Gasteiger partial charge on any atom is 0.251 e. The van der Waals surface area contributed by atoms with E-state index >= 15 is 0 Å². The van der Waals surface area contributed by atoms with Gasteiger partial charge < -0.3 is 14.8 Å². The molecule has 0 aromatic carbocycles. The second-order valence-corrected chi connectivity index (χ2v) is 4.18. The van der Waals surface area contributed by atoms with Crippen LogP contribution < -0.4 is 5.32 Å². The van der Waals surface area contributed by atoms with Crippen LogP contribution in [0.2, 0.25) is 0 Å². The van der Waals surface area contributed by atoms with Crippen LogP contribution in [0.4, 0.5) is 14.6 Å². The van der Waals surface area contributed by atoms with Crippen molar-refractivity contribution in [2.45, 2.75) is 18.9 Å². The van der Waals surface area contributed by atoms with Crippen LogP contribution in [0.25, 0.3) is 0 Å². The van der Waals surface area contributed by atoms with Gasteiger partial charge in [-0.1, -0.05) is 0 Å². The lowest BCUT2D eigenvalue weighted by molar-refractivity contribution is -0.121. The summed E-state index contributed by atoms with van der Waals surface area (Å²) in [6.07, 6.45) is 2.75. The van der Waals surface area contributed by atoms with E-state index in [1.165, 1.54) is 0 Å². The van der Waals surface area contributed by atoms with Crippen molar-refractivity contribution in [2.75, 3.05) is 25.1 Å². The molecule has 0 aliphatic carbocycles. The quantitative estimate of drug-likeness (QED) is 0.882. The monoisotopic (exact) mass is 272 g/mol. The molecule has 7 heteroatoms. The first-order valence-corrected chi connectivity index (χ1v) is 5.95. The van der Waals surface area contributed by atoms with E-state index in [2.05, 4.69) is 10.3 Å². The third-order valence-electron chi connectivity index (χ3n) is 2.63. The van der Waals surface area contributed by atoms with E-state index in [-0.39, 0.29) is 18.5 Å². The van der Waals surface area contributed by atoms with Crippen LogP contribution in [0.15, 0.2) is 12.3 Å². The summed E-state index contributed by atoms with van der Waals surface area (Å²) in [6, 6.07) is 0.649. The van der Waals surface area contributed by atoms with E-state index in [0.717, 1.165) is 19.0 Å². The second kappa shape index (κ2) is 6.53. The Hall–Kier alpha value is -1.60. The first kappa shape index (κ1) is 13.8. The lowest BCUT2D eigenvalue weighted by Crippen LogP contribution is -2.23. The third-order valence-corrected chi connectivity index (χ3v) is 2.63. The lowest BCUT2D eigenvalue weighted by Gasteiger charge is -2.10. The number of carbonyl (C=O) groups excluding carboxylic acids is 1. The van der Waals surface area contributed by atoms with E-state index in [0.29, 0.717) is 19.3 Å². The number of ether oxygens (including phenoxy) is 2. The maximum atomic E-state index is 13.2. The van der Waals surface area contributed by atoms with Crippen LogP contribution in [0.3, 0.4) is 0 Å². The summed E-state index contributed by atoms with van der Waals surface area (Å²) in [5.41, 5.74) is 0. The molecule has 0 spiro atoms. The standard InChI is InChI=1S/C12H14F2N2O3/c13-8-4-10(14)12(15-5-8)16-11(17)7-18-6-9-2-1-3-19-9/h4-5,9H,1-3,6-7H2,(H,15,16,17). The van der Waals surface area contributed by atoms with Gasteiger partial charge in [-0.25, -0.2) is 13.8 Å². The molecule has 1 fully saturated rings. The summed E-state index contributed by atoms with van der Waals surface area (Å²) in [7, 11) is 0. The number of halogens is 2. The molecule has 2 heterocycles. The van der Waals surface area contributed by atoms with Crippen LogP contribution in [-0.4, -0.2) is 36.8 Å². The first-order valence-electron chi connectivity index (χ1n) is 5.95. The van der Waals surface area contributed by atoms with E-state index in [1.54, 1.807) is 0 Å². The number of carbonyl (C=O) groups is 1. The Balaban J connectivity index is 1.74. The predicted molar refractivity (Wildman–Crippen MR) is 62.6 cm³/mol. The predicted octanol–water partition coefficient (Wildman–Crippen LogP) is 1.49. The molecular formula is C12H14F2N2O3. The summed E-state index contributed by atoms with van der Waals surface area (Å²) in [5.74, 6) is -2.58. The summed E-state index contributed by atoms with van der Waals surface area (Å²) in [5, 5.41) is 2.21. The van der Waals surface area contributed by atoms with Gasteiger partial charge in [0.05, 0.1) is 18.9 Å². The highest BCUT2D eigenvalue weighted by Gasteiger charge is 2.16. The van der Waals surface area contributed by atoms with Gasteiger partial charge in [-0.3, -0.25) is 4.79 Å². The van der Waals surface area contributed by atoms with Crippen LogP contribution in [-0.2, 0) is 14.3 Å². The molecule has 0 bridgehead atoms. The Morgan fingerprint density at radius 1 is 1.58 bits per heavy atom. The molecule has 1 N–H and O–H groups in total. The largest absolute Gasteiger partial charge is 0.376 e. The molecule has 0 radical (unpaired) electrons. The van der Waals surface area contributed by atoms with Crippen molar-refractivity contribution >= 4 is 11.7 Å². The first-order chi connectivity index (χ1) is 9.15. The van der Waals surface area contributed by atoms with Crippen molar-refractivity contribution in [1.82, 2.24) is 4.98 Å². The number of hydrogen-bond donors (Lipinski definition) is 1. The molecule has 1 saturated heterocycles. The number of anilines is 1. The van der Waals surface area contributed by atoms with E-state index in [9.17, 15) is 13.6 Å². The Kier molecular flexibility index (Phi) is 4.75. The molecule has 19 heavy (non-hydrogen) atoms. The van der Waals surface area contributed by atoms with Crippen molar-refractivity contribution in [3.05, 3.63) is 23.9 Å². The molecule has 1 aliphatic rings. The number of hydrogen-bond acceptors (Lipinski definition) is 4. The van der Waals surface area contributed by atoms with E-state index in [4.69, 9.17) is 9.47 Å². The number of aromatic nitrogens is 1. The van der Waals surface area contributed by atoms with Gasteiger partial charge in [0.2, 0.25) is 0 Å². The highest BCUT2D eigenvalue weighted by atomic mass is 19.1. The zero-order valence-electron chi connectivity index (χ0n) is 10.2. The topological polar surface area (TPSA) is 60.5 Å². The molecule has 1 amide bonds. The average Bonchev–Trinajstić information content (AvgIpc) is 2.86. The van der Waals surface area contributed by atoms with Gasteiger partial charge in [-0.05, 0) is 12.8 Å². The minimum absolute atomic E-state index is 0.0217. The zero-order valence-corrected chi connectivity index (χ0v) is 10.2. The van der Waals surface area contributed by atoms with Crippen molar-refractivity contribution in [2.24, 2.45) is 0 Å². The molecule has 1 unspecified atom stereocenters. The van der Waals surface area contributed by atoms with Crippen molar-refractivity contribution in [3.63, 3.8) is 0 Å².